The number of hydrogen-bond donors (Lipinski definition) is 0. The number of allylic oxidation sites excluding steroid dienone is 2. The van der Waals surface area contributed by atoms with E-state index in [1.807, 2.05) is 32.0 Å². The Morgan fingerprint density at radius 2 is 1.84 bits per heavy atom. The van der Waals surface area contributed by atoms with E-state index in [0.29, 0.717) is 5.92 Å². The van der Waals surface area contributed by atoms with Gasteiger partial charge in [-0.2, -0.15) is 0 Å². The minimum atomic E-state index is -0.512. The van der Waals surface area contributed by atoms with Gasteiger partial charge in [0, 0.05) is 12.3 Å². The summed E-state index contributed by atoms with van der Waals surface area (Å²) in [4.78, 5) is 12.2. The molecule has 0 radical (unpaired) electrons. The zero-order chi connectivity index (χ0) is 14.0. The van der Waals surface area contributed by atoms with Crippen LogP contribution < -0.4 is 0 Å². The maximum absolute atomic E-state index is 12.2. The molecule has 19 heavy (non-hydrogen) atoms. The Balaban J connectivity index is 2.39. The highest BCUT2D eigenvalue weighted by molar-refractivity contribution is 5.80. The topological polar surface area (TPSA) is 26.3 Å². The van der Waals surface area contributed by atoms with Crippen LogP contribution in [0.25, 0.3) is 0 Å². The van der Waals surface area contributed by atoms with E-state index in [9.17, 15) is 4.79 Å². The molecule has 0 saturated carbocycles. The second-order valence-corrected chi connectivity index (χ2v) is 6.23. The highest BCUT2D eigenvalue weighted by Gasteiger charge is 2.42. The fourth-order valence-electron chi connectivity index (χ4n) is 2.49. The van der Waals surface area contributed by atoms with Gasteiger partial charge in [0.1, 0.15) is 5.76 Å². The first-order valence-electron chi connectivity index (χ1n) is 6.89. The third-order valence-electron chi connectivity index (χ3n) is 3.65. The van der Waals surface area contributed by atoms with Crippen molar-refractivity contribution >= 4 is 5.97 Å². The van der Waals surface area contributed by atoms with Crippen molar-refractivity contribution in [2.45, 2.75) is 40.0 Å². The van der Waals surface area contributed by atoms with Gasteiger partial charge in [-0.1, -0.05) is 44.2 Å². The summed E-state index contributed by atoms with van der Waals surface area (Å²) in [5, 5.41) is 0. The van der Waals surface area contributed by atoms with Crippen LogP contribution in [0.15, 0.2) is 42.2 Å². The summed E-state index contributed by atoms with van der Waals surface area (Å²) in [6, 6.07) is 10.2. The van der Waals surface area contributed by atoms with Gasteiger partial charge in [0.2, 0.25) is 0 Å². The third kappa shape index (κ3) is 2.89. The molecule has 1 aliphatic rings. The fourth-order valence-corrected chi connectivity index (χ4v) is 2.49. The van der Waals surface area contributed by atoms with Crippen molar-refractivity contribution in [1.82, 2.24) is 0 Å². The number of cyclic esters (lactones) is 1. The van der Waals surface area contributed by atoms with E-state index in [2.05, 4.69) is 32.1 Å². The Hall–Kier alpha value is -1.57. The largest absolute Gasteiger partial charge is 0.431 e. The van der Waals surface area contributed by atoms with E-state index >= 15 is 0 Å². The van der Waals surface area contributed by atoms with Crippen LogP contribution in [0, 0.1) is 11.3 Å². The van der Waals surface area contributed by atoms with Crippen LogP contribution in [-0.4, -0.2) is 5.97 Å². The average molecular weight is 258 g/mol. The van der Waals surface area contributed by atoms with Crippen molar-refractivity contribution in [3.8, 4) is 0 Å². The molecule has 0 amide bonds. The first-order valence-corrected chi connectivity index (χ1v) is 6.89. The lowest BCUT2D eigenvalue weighted by Gasteiger charge is -2.35. The van der Waals surface area contributed by atoms with Gasteiger partial charge in [-0.05, 0) is 31.4 Å². The van der Waals surface area contributed by atoms with E-state index in [1.165, 1.54) is 5.56 Å². The van der Waals surface area contributed by atoms with Gasteiger partial charge in [0.25, 0.3) is 0 Å². The molecule has 2 nitrogen and oxygen atoms in total. The molecule has 1 aromatic rings. The molecule has 0 saturated heterocycles. The van der Waals surface area contributed by atoms with E-state index in [4.69, 9.17) is 4.74 Å². The molecule has 1 unspecified atom stereocenters. The summed E-state index contributed by atoms with van der Waals surface area (Å²) in [5.74, 6) is 1.26. The first-order chi connectivity index (χ1) is 8.91. The Kier molecular flexibility index (Phi) is 3.79. The quantitative estimate of drug-likeness (QED) is 0.756. The van der Waals surface area contributed by atoms with Crippen LogP contribution in [0.5, 0.6) is 0 Å². The monoisotopic (exact) mass is 258 g/mol. The Morgan fingerprint density at radius 3 is 2.42 bits per heavy atom. The summed E-state index contributed by atoms with van der Waals surface area (Å²) in [5.41, 5.74) is 0.660. The van der Waals surface area contributed by atoms with Crippen molar-refractivity contribution in [3.05, 3.63) is 47.7 Å². The Morgan fingerprint density at radius 1 is 1.21 bits per heavy atom. The molecule has 0 N–H and O–H groups in total. The van der Waals surface area contributed by atoms with Gasteiger partial charge in [-0.3, -0.25) is 4.79 Å². The van der Waals surface area contributed by atoms with Crippen molar-refractivity contribution in [2.75, 3.05) is 0 Å². The molecule has 2 heteroatoms. The summed E-state index contributed by atoms with van der Waals surface area (Å²) in [6.45, 7) is 8.17. The zero-order valence-electron chi connectivity index (χ0n) is 12.1. The molecule has 2 rings (SSSR count). The minimum absolute atomic E-state index is 0.0868. The number of esters is 1. The van der Waals surface area contributed by atoms with Crippen LogP contribution in [-0.2, 0) is 9.53 Å². The number of ether oxygens (including phenoxy) is 1. The third-order valence-corrected chi connectivity index (χ3v) is 3.65. The van der Waals surface area contributed by atoms with Crippen LogP contribution >= 0.6 is 0 Å². The van der Waals surface area contributed by atoms with Crippen molar-refractivity contribution in [1.29, 1.82) is 0 Å². The zero-order valence-corrected chi connectivity index (χ0v) is 12.1. The van der Waals surface area contributed by atoms with Gasteiger partial charge in [0.05, 0.1) is 5.41 Å². The van der Waals surface area contributed by atoms with Gasteiger partial charge in [-0.25, -0.2) is 0 Å². The highest BCUT2D eigenvalue weighted by atomic mass is 16.5. The first kappa shape index (κ1) is 13.9. The van der Waals surface area contributed by atoms with Gasteiger partial charge < -0.3 is 4.74 Å². The summed E-state index contributed by atoms with van der Waals surface area (Å²) < 4.78 is 5.49. The maximum Gasteiger partial charge on any atom is 0.317 e. The molecule has 0 bridgehead atoms. The predicted octanol–water partition coefficient (Wildman–Crippen LogP) is 4.28. The summed E-state index contributed by atoms with van der Waals surface area (Å²) in [6.07, 6.45) is 2.93. The second-order valence-electron chi connectivity index (χ2n) is 6.23. The average Bonchev–Trinajstić information content (AvgIpc) is 2.34. The molecule has 1 atom stereocenters. The molecule has 0 spiro atoms. The van der Waals surface area contributed by atoms with Crippen LogP contribution in [0.2, 0.25) is 0 Å². The van der Waals surface area contributed by atoms with Crippen molar-refractivity contribution in [2.24, 2.45) is 11.3 Å². The second kappa shape index (κ2) is 5.20. The van der Waals surface area contributed by atoms with Gasteiger partial charge in [0.15, 0.2) is 0 Å². The highest BCUT2D eigenvalue weighted by Crippen LogP contribution is 2.43. The molecular weight excluding hydrogens is 236 g/mol. The summed E-state index contributed by atoms with van der Waals surface area (Å²) in [7, 11) is 0. The maximum atomic E-state index is 12.2. The smallest absolute Gasteiger partial charge is 0.317 e. The number of hydrogen-bond acceptors (Lipinski definition) is 2. The predicted molar refractivity (Wildman–Crippen MR) is 76.6 cm³/mol. The standard InChI is InChI=1S/C17H22O2/c1-12(2)10-14-11-15(13-8-6-5-7-9-13)17(3,4)16(18)19-14/h5-9,11-12,15H,10H2,1-4H3. The van der Waals surface area contributed by atoms with Gasteiger partial charge >= 0.3 is 5.97 Å². The SMILES string of the molecule is CC(C)CC1=CC(c2ccccc2)C(C)(C)C(=O)O1. The van der Waals surface area contributed by atoms with E-state index in [0.717, 1.165) is 12.2 Å². The molecule has 1 heterocycles. The minimum Gasteiger partial charge on any atom is -0.431 e. The van der Waals surface area contributed by atoms with E-state index in [1.54, 1.807) is 0 Å². The van der Waals surface area contributed by atoms with E-state index in [-0.39, 0.29) is 11.9 Å². The lowest BCUT2D eigenvalue weighted by atomic mass is 9.73. The van der Waals surface area contributed by atoms with Crippen LogP contribution in [0.4, 0.5) is 0 Å². The van der Waals surface area contributed by atoms with Gasteiger partial charge in [-0.15, -0.1) is 0 Å². The van der Waals surface area contributed by atoms with Crippen molar-refractivity contribution in [3.63, 3.8) is 0 Å². The number of rotatable bonds is 3. The fraction of sp³-hybridized carbons (Fsp3) is 0.471. The number of benzene rings is 1. The normalized spacial score (nSPS) is 22.1. The van der Waals surface area contributed by atoms with Crippen LogP contribution in [0.3, 0.4) is 0 Å². The summed E-state index contributed by atoms with van der Waals surface area (Å²) >= 11 is 0. The Bertz CT molecular complexity index is 483. The number of carbonyl (C=O) groups excluding carboxylic acids is 1. The van der Waals surface area contributed by atoms with E-state index < -0.39 is 5.41 Å². The molecule has 0 aliphatic carbocycles. The molecule has 1 aromatic carbocycles. The number of carbonyl (C=O) groups is 1. The lowest BCUT2D eigenvalue weighted by molar-refractivity contribution is -0.152. The molecule has 102 valence electrons. The van der Waals surface area contributed by atoms with Crippen molar-refractivity contribution < 1.29 is 9.53 Å². The molecule has 1 aliphatic heterocycles. The Labute approximate surface area is 115 Å². The van der Waals surface area contributed by atoms with Crippen LogP contribution in [0.1, 0.15) is 45.6 Å². The molecular formula is C17H22O2. The lowest BCUT2D eigenvalue weighted by Crippen LogP contribution is -2.36. The molecule has 0 fully saturated rings. The molecule has 0 aromatic heterocycles.